The van der Waals surface area contributed by atoms with Crippen molar-refractivity contribution in [3.8, 4) is 0 Å². The van der Waals surface area contributed by atoms with Crippen LogP contribution in [0, 0.1) is 0 Å². The van der Waals surface area contributed by atoms with E-state index in [9.17, 15) is 21.6 Å². The van der Waals surface area contributed by atoms with Crippen molar-refractivity contribution in [1.29, 1.82) is 0 Å². The van der Waals surface area contributed by atoms with Gasteiger partial charge in [-0.2, -0.15) is 13.2 Å². The molecule has 0 saturated carbocycles. The Hall–Kier alpha value is -0.750. The van der Waals surface area contributed by atoms with Crippen molar-refractivity contribution in [2.75, 3.05) is 0 Å². The largest absolute Gasteiger partial charge is 0.416 e. The minimum absolute atomic E-state index is 0.276. The van der Waals surface area contributed by atoms with Gasteiger partial charge in [0.05, 0.1) is 20.7 Å². The van der Waals surface area contributed by atoms with Gasteiger partial charge in [-0.25, -0.2) is 8.42 Å². The third-order valence-corrected chi connectivity index (χ3v) is 4.82. The highest BCUT2D eigenvalue weighted by atomic mass is 35.5. The smallest absolute Gasteiger partial charge is 0.223 e. The van der Waals surface area contributed by atoms with Gasteiger partial charge < -0.3 is 0 Å². The molecule has 0 aliphatic carbocycles. The van der Waals surface area contributed by atoms with E-state index in [1.54, 1.807) is 0 Å². The number of halogens is 4. The summed E-state index contributed by atoms with van der Waals surface area (Å²) in [6, 6.07) is 2.22. The maximum atomic E-state index is 12.3. The van der Waals surface area contributed by atoms with E-state index in [1.165, 1.54) is 13.8 Å². The van der Waals surface area contributed by atoms with Crippen molar-refractivity contribution >= 4 is 21.4 Å². The van der Waals surface area contributed by atoms with Gasteiger partial charge in [-0.05, 0) is 32.0 Å². The second-order valence-corrected chi connectivity index (χ2v) is 6.62. The monoisotopic (exact) mass is 286 g/mol. The molecule has 0 radical (unpaired) electrons. The Bertz CT molecular complexity index is 521. The predicted octanol–water partition coefficient (Wildman–Crippen LogP) is 3.54. The van der Waals surface area contributed by atoms with Gasteiger partial charge in [-0.15, -0.1) is 0 Å². The molecule has 0 aromatic heterocycles. The van der Waals surface area contributed by atoms with E-state index in [0.717, 1.165) is 6.07 Å². The van der Waals surface area contributed by atoms with Gasteiger partial charge in [-0.1, -0.05) is 11.6 Å². The molecular weight excluding hydrogens is 277 g/mol. The summed E-state index contributed by atoms with van der Waals surface area (Å²) in [4.78, 5) is -0.276. The zero-order valence-corrected chi connectivity index (χ0v) is 10.6. The molecule has 0 heterocycles. The Morgan fingerprint density at radius 1 is 1.24 bits per heavy atom. The molecule has 1 aromatic rings. The van der Waals surface area contributed by atoms with Crippen LogP contribution in [0.1, 0.15) is 19.4 Å². The Kier molecular flexibility index (Phi) is 3.78. The number of sulfone groups is 1. The molecule has 1 aromatic carbocycles. The minimum Gasteiger partial charge on any atom is -0.223 e. The van der Waals surface area contributed by atoms with Gasteiger partial charge in [0.2, 0.25) is 0 Å². The average Bonchev–Trinajstić information content (AvgIpc) is 2.15. The summed E-state index contributed by atoms with van der Waals surface area (Å²) >= 11 is 5.58. The first-order valence-corrected chi connectivity index (χ1v) is 6.60. The molecule has 7 heteroatoms. The lowest BCUT2D eigenvalue weighted by Crippen LogP contribution is -2.15. The Labute approximate surface area is 102 Å². The van der Waals surface area contributed by atoms with E-state index in [4.69, 9.17) is 11.6 Å². The standard InChI is InChI=1S/C10H10ClF3O2S/c1-6(2)17(15,16)9-4-3-7(5-8(9)11)10(12,13)14/h3-6H,1-2H3. The van der Waals surface area contributed by atoms with Crippen molar-refractivity contribution in [3.63, 3.8) is 0 Å². The van der Waals surface area contributed by atoms with Crippen molar-refractivity contribution in [2.45, 2.75) is 30.2 Å². The first-order valence-electron chi connectivity index (χ1n) is 4.67. The second kappa shape index (κ2) is 4.49. The van der Waals surface area contributed by atoms with Gasteiger partial charge in [0.1, 0.15) is 0 Å². The summed E-state index contributed by atoms with van der Waals surface area (Å²) in [6.45, 7) is 2.87. The van der Waals surface area contributed by atoms with E-state index in [2.05, 4.69) is 0 Å². The number of benzene rings is 1. The molecule has 0 spiro atoms. The molecule has 0 fully saturated rings. The van der Waals surface area contributed by atoms with Gasteiger partial charge in [0, 0.05) is 0 Å². The van der Waals surface area contributed by atoms with E-state index < -0.39 is 31.8 Å². The fourth-order valence-corrected chi connectivity index (χ4v) is 2.76. The molecule has 2 nitrogen and oxygen atoms in total. The molecule has 0 atom stereocenters. The molecule has 0 N–H and O–H groups in total. The third kappa shape index (κ3) is 2.93. The number of hydrogen-bond donors (Lipinski definition) is 0. The zero-order valence-electron chi connectivity index (χ0n) is 9.05. The lowest BCUT2D eigenvalue weighted by molar-refractivity contribution is -0.137. The van der Waals surface area contributed by atoms with Gasteiger partial charge in [0.15, 0.2) is 9.84 Å². The highest BCUT2D eigenvalue weighted by Gasteiger charge is 2.32. The fraction of sp³-hybridized carbons (Fsp3) is 0.400. The van der Waals surface area contributed by atoms with Crippen LogP contribution in [0.25, 0.3) is 0 Å². The van der Waals surface area contributed by atoms with Crippen molar-refractivity contribution in [1.82, 2.24) is 0 Å². The fourth-order valence-electron chi connectivity index (χ4n) is 1.16. The highest BCUT2D eigenvalue weighted by molar-refractivity contribution is 7.92. The van der Waals surface area contributed by atoms with E-state index >= 15 is 0 Å². The second-order valence-electron chi connectivity index (χ2n) is 3.74. The normalized spacial score (nSPS) is 13.1. The minimum atomic E-state index is -4.54. The van der Waals surface area contributed by atoms with Crippen LogP contribution in [-0.4, -0.2) is 13.7 Å². The highest BCUT2D eigenvalue weighted by Crippen LogP contribution is 2.34. The van der Waals surface area contributed by atoms with Crippen LogP contribution < -0.4 is 0 Å². The van der Waals surface area contributed by atoms with Crippen molar-refractivity contribution in [2.24, 2.45) is 0 Å². The number of alkyl halides is 3. The molecular formula is C10H10ClF3O2S. The van der Waals surface area contributed by atoms with Crippen LogP contribution in [0.2, 0.25) is 5.02 Å². The van der Waals surface area contributed by atoms with Crippen LogP contribution >= 0.6 is 11.6 Å². The first-order chi connectivity index (χ1) is 7.56. The molecule has 96 valence electrons. The average molecular weight is 287 g/mol. The summed E-state index contributed by atoms with van der Waals surface area (Å²) in [5.74, 6) is 0. The molecule has 0 amide bonds. The Balaban J connectivity index is 3.34. The SMILES string of the molecule is CC(C)S(=O)(=O)c1ccc(C(F)(F)F)cc1Cl. The molecule has 0 saturated heterocycles. The molecule has 0 bridgehead atoms. The molecule has 0 aliphatic heterocycles. The summed E-state index contributed by atoms with van der Waals surface area (Å²) in [6.07, 6.45) is -4.54. The van der Waals surface area contributed by atoms with Crippen LogP contribution in [0.5, 0.6) is 0 Å². The summed E-state index contributed by atoms with van der Waals surface area (Å²) in [5.41, 5.74) is -0.967. The van der Waals surface area contributed by atoms with E-state index in [0.29, 0.717) is 12.1 Å². The van der Waals surface area contributed by atoms with Crippen LogP contribution in [-0.2, 0) is 16.0 Å². The van der Waals surface area contributed by atoms with Crippen molar-refractivity contribution in [3.05, 3.63) is 28.8 Å². The quantitative estimate of drug-likeness (QED) is 0.833. The lowest BCUT2D eigenvalue weighted by Gasteiger charge is -2.12. The van der Waals surface area contributed by atoms with Gasteiger partial charge in [0.25, 0.3) is 0 Å². The van der Waals surface area contributed by atoms with E-state index in [1.807, 2.05) is 0 Å². The summed E-state index contributed by atoms with van der Waals surface area (Å²) in [7, 11) is -3.67. The third-order valence-electron chi connectivity index (χ3n) is 2.19. The Morgan fingerprint density at radius 2 is 1.76 bits per heavy atom. The zero-order chi connectivity index (χ0) is 13.4. The molecule has 17 heavy (non-hydrogen) atoms. The van der Waals surface area contributed by atoms with Crippen LogP contribution in [0.3, 0.4) is 0 Å². The summed E-state index contributed by atoms with van der Waals surface area (Å²) < 4.78 is 60.5. The molecule has 1 rings (SSSR count). The van der Waals surface area contributed by atoms with Crippen LogP contribution in [0.4, 0.5) is 13.2 Å². The molecule has 0 aliphatic rings. The summed E-state index contributed by atoms with van der Waals surface area (Å²) in [5, 5.41) is -1.15. The van der Waals surface area contributed by atoms with Crippen molar-refractivity contribution < 1.29 is 21.6 Å². The topological polar surface area (TPSA) is 34.1 Å². The number of hydrogen-bond acceptors (Lipinski definition) is 2. The lowest BCUT2D eigenvalue weighted by atomic mass is 10.2. The maximum absolute atomic E-state index is 12.3. The maximum Gasteiger partial charge on any atom is 0.416 e. The van der Waals surface area contributed by atoms with Crippen LogP contribution in [0.15, 0.2) is 23.1 Å². The van der Waals surface area contributed by atoms with E-state index in [-0.39, 0.29) is 4.90 Å². The Morgan fingerprint density at radius 3 is 2.12 bits per heavy atom. The van der Waals surface area contributed by atoms with Gasteiger partial charge >= 0.3 is 6.18 Å². The number of rotatable bonds is 2. The van der Waals surface area contributed by atoms with Gasteiger partial charge in [-0.3, -0.25) is 0 Å². The first kappa shape index (κ1) is 14.3. The molecule has 0 unspecified atom stereocenters. The predicted molar refractivity (Wildman–Crippen MR) is 58.8 cm³/mol.